The van der Waals surface area contributed by atoms with E-state index in [2.05, 4.69) is 9.73 Å². The molecule has 3 rings (SSSR count). The van der Waals surface area contributed by atoms with Crippen LogP contribution in [0.1, 0.15) is 29.8 Å². The lowest BCUT2D eigenvalue weighted by Crippen LogP contribution is -2.38. The van der Waals surface area contributed by atoms with Crippen molar-refractivity contribution in [2.75, 3.05) is 7.11 Å². The molecule has 0 bridgehead atoms. The van der Waals surface area contributed by atoms with E-state index in [1.807, 2.05) is 13.8 Å². The molecule has 0 aliphatic carbocycles. The third kappa shape index (κ3) is 4.18. The predicted octanol–water partition coefficient (Wildman–Crippen LogP) is 2.89. The van der Waals surface area contributed by atoms with E-state index < -0.39 is 5.97 Å². The van der Waals surface area contributed by atoms with E-state index in [9.17, 15) is 14.4 Å². The number of methoxy groups -OCH3 is 1. The van der Waals surface area contributed by atoms with Gasteiger partial charge in [-0.3, -0.25) is 18.9 Å². The third-order valence-electron chi connectivity index (χ3n) is 4.57. The van der Waals surface area contributed by atoms with Gasteiger partial charge in [-0.1, -0.05) is 26.0 Å². The minimum absolute atomic E-state index is 0.263. The lowest BCUT2D eigenvalue weighted by molar-refractivity contribution is 0.0600. The molecule has 0 fully saturated rings. The van der Waals surface area contributed by atoms with Gasteiger partial charge in [0.05, 0.1) is 29.3 Å². The fourth-order valence-electron chi connectivity index (χ4n) is 3.08. The maximum Gasteiger partial charge on any atom is 0.337 e. The van der Waals surface area contributed by atoms with Gasteiger partial charge in [-0.15, -0.1) is 0 Å². The summed E-state index contributed by atoms with van der Waals surface area (Å²) in [6.07, 6.45) is 1.65. The number of ether oxygens (including phenoxy) is 1. The summed E-state index contributed by atoms with van der Waals surface area (Å²) in [7, 11) is 2.82. The van der Waals surface area contributed by atoms with Crippen LogP contribution in [0.5, 0.6) is 0 Å². The van der Waals surface area contributed by atoms with Gasteiger partial charge in [-0.2, -0.15) is 0 Å². The average molecular weight is 393 g/mol. The Bertz CT molecular complexity index is 1200. The van der Waals surface area contributed by atoms with E-state index in [0.29, 0.717) is 28.7 Å². The summed E-state index contributed by atoms with van der Waals surface area (Å²) in [5.74, 6) is -0.134. The smallest absolute Gasteiger partial charge is 0.337 e. The number of hydrogen-bond acceptors (Lipinski definition) is 5. The molecule has 0 unspecified atom stereocenters. The predicted molar refractivity (Wildman–Crippen MR) is 113 cm³/mol. The zero-order chi connectivity index (χ0) is 21.1. The van der Waals surface area contributed by atoms with Crippen LogP contribution in [0.15, 0.2) is 57.0 Å². The second-order valence-electron chi connectivity index (χ2n) is 7.22. The highest BCUT2D eigenvalue weighted by Crippen LogP contribution is 2.19. The summed E-state index contributed by atoms with van der Waals surface area (Å²) in [6, 6.07) is 12.1. The Hall–Kier alpha value is -3.48. The SMILES string of the molecule is COC(=O)c1ccc(C=Nc2ccc3c(c2)c(=O)n(C)c(=O)n3CC(C)C)cc1. The van der Waals surface area contributed by atoms with E-state index in [1.54, 1.807) is 53.2 Å². The van der Waals surface area contributed by atoms with Crippen molar-refractivity contribution in [3.8, 4) is 0 Å². The normalized spacial score (nSPS) is 11.5. The van der Waals surface area contributed by atoms with Crippen LogP contribution in [0.3, 0.4) is 0 Å². The zero-order valence-corrected chi connectivity index (χ0v) is 16.9. The van der Waals surface area contributed by atoms with Crippen molar-refractivity contribution in [2.24, 2.45) is 18.0 Å². The molecular weight excluding hydrogens is 370 g/mol. The molecule has 150 valence electrons. The molecule has 29 heavy (non-hydrogen) atoms. The molecule has 0 radical (unpaired) electrons. The Labute approximate surface area is 167 Å². The van der Waals surface area contributed by atoms with Crippen LogP contribution in [0, 0.1) is 5.92 Å². The molecule has 2 aromatic carbocycles. The second kappa shape index (κ2) is 8.26. The Balaban J connectivity index is 1.99. The maximum atomic E-state index is 12.6. The lowest BCUT2D eigenvalue weighted by atomic mass is 10.1. The van der Waals surface area contributed by atoms with Gasteiger partial charge >= 0.3 is 11.7 Å². The van der Waals surface area contributed by atoms with E-state index in [4.69, 9.17) is 0 Å². The lowest BCUT2D eigenvalue weighted by Gasteiger charge is -2.14. The molecule has 0 spiro atoms. The number of aliphatic imine (C=N–C) groups is 1. The molecule has 1 heterocycles. The first-order chi connectivity index (χ1) is 13.8. The molecule has 0 atom stereocenters. The van der Waals surface area contributed by atoms with Crippen molar-refractivity contribution in [1.82, 2.24) is 9.13 Å². The Morgan fingerprint density at radius 3 is 2.45 bits per heavy atom. The summed E-state index contributed by atoms with van der Waals surface area (Å²) in [4.78, 5) is 41.0. The van der Waals surface area contributed by atoms with Crippen molar-refractivity contribution in [2.45, 2.75) is 20.4 Å². The number of benzene rings is 2. The number of esters is 1. The fourth-order valence-corrected chi connectivity index (χ4v) is 3.08. The summed E-state index contributed by atoms with van der Waals surface area (Å²) >= 11 is 0. The van der Waals surface area contributed by atoms with Gasteiger partial charge in [0.25, 0.3) is 5.56 Å². The third-order valence-corrected chi connectivity index (χ3v) is 4.57. The van der Waals surface area contributed by atoms with Crippen molar-refractivity contribution in [3.63, 3.8) is 0 Å². The van der Waals surface area contributed by atoms with Gasteiger partial charge < -0.3 is 4.74 Å². The Morgan fingerprint density at radius 1 is 1.14 bits per heavy atom. The number of hydrogen-bond donors (Lipinski definition) is 0. The summed E-state index contributed by atoms with van der Waals surface area (Å²) in [6.45, 7) is 4.57. The van der Waals surface area contributed by atoms with Gasteiger partial charge in [-0.05, 0) is 41.8 Å². The molecule has 3 aromatic rings. The van der Waals surface area contributed by atoms with Crippen LogP contribution in [-0.2, 0) is 18.3 Å². The molecule has 0 N–H and O–H groups in total. The molecule has 0 saturated carbocycles. The quantitative estimate of drug-likeness (QED) is 0.493. The molecule has 0 aliphatic rings. The van der Waals surface area contributed by atoms with Gasteiger partial charge in [0.1, 0.15) is 0 Å². The zero-order valence-electron chi connectivity index (χ0n) is 16.9. The second-order valence-corrected chi connectivity index (χ2v) is 7.22. The first-order valence-electron chi connectivity index (χ1n) is 9.28. The first-order valence-corrected chi connectivity index (χ1v) is 9.28. The highest BCUT2D eigenvalue weighted by atomic mass is 16.5. The summed E-state index contributed by atoms with van der Waals surface area (Å²) in [5, 5.41) is 0.448. The van der Waals surface area contributed by atoms with Gasteiger partial charge in [0.15, 0.2) is 0 Å². The summed E-state index contributed by atoms with van der Waals surface area (Å²) in [5.41, 5.74) is 1.80. The van der Waals surface area contributed by atoms with Gasteiger partial charge in [0.2, 0.25) is 0 Å². The van der Waals surface area contributed by atoms with Gasteiger partial charge in [0, 0.05) is 19.8 Å². The summed E-state index contributed by atoms with van der Waals surface area (Å²) < 4.78 is 7.43. The van der Waals surface area contributed by atoms with Crippen LogP contribution in [0.2, 0.25) is 0 Å². The van der Waals surface area contributed by atoms with Gasteiger partial charge in [-0.25, -0.2) is 9.59 Å². The number of aromatic nitrogens is 2. The van der Waals surface area contributed by atoms with Crippen LogP contribution in [0.4, 0.5) is 5.69 Å². The average Bonchev–Trinajstić information content (AvgIpc) is 2.73. The number of carbonyl (C=O) groups is 1. The minimum Gasteiger partial charge on any atom is -0.465 e. The van der Waals surface area contributed by atoms with Crippen molar-refractivity contribution in [1.29, 1.82) is 0 Å². The largest absolute Gasteiger partial charge is 0.465 e. The topological polar surface area (TPSA) is 82.7 Å². The van der Waals surface area contributed by atoms with Crippen molar-refractivity contribution in [3.05, 3.63) is 74.4 Å². The van der Waals surface area contributed by atoms with Crippen LogP contribution in [-0.4, -0.2) is 28.4 Å². The molecule has 0 aliphatic heterocycles. The number of fused-ring (bicyclic) bond motifs is 1. The monoisotopic (exact) mass is 393 g/mol. The number of carbonyl (C=O) groups excluding carboxylic acids is 1. The number of rotatable bonds is 5. The van der Waals surface area contributed by atoms with E-state index in [0.717, 1.165) is 10.1 Å². The molecule has 7 nitrogen and oxygen atoms in total. The Morgan fingerprint density at radius 2 is 1.83 bits per heavy atom. The number of nitrogens with zero attached hydrogens (tertiary/aromatic N) is 3. The standard InChI is InChI=1S/C22H23N3O4/c1-14(2)13-25-19-10-9-17(11-18(19)20(26)24(3)22(25)28)23-12-15-5-7-16(8-6-15)21(27)29-4/h5-12,14H,13H2,1-4H3. The molecule has 7 heteroatoms. The van der Waals surface area contributed by atoms with Crippen molar-refractivity contribution >= 4 is 28.8 Å². The highest BCUT2D eigenvalue weighted by Gasteiger charge is 2.12. The fraction of sp³-hybridized carbons (Fsp3) is 0.273. The highest BCUT2D eigenvalue weighted by molar-refractivity contribution is 5.91. The molecule has 0 amide bonds. The molecule has 1 aromatic heterocycles. The maximum absolute atomic E-state index is 12.6. The van der Waals surface area contributed by atoms with E-state index in [-0.39, 0.29) is 17.2 Å². The van der Waals surface area contributed by atoms with Crippen molar-refractivity contribution < 1.29 is 9.53 Å². The van der Waals surface area contributed by atoms with Crippen LogP contribution < -0.4 is 11.2 Å². The van der Waals surface area contributed by atoms with E-state index in [1.165, 1.54) is 14.2 Å². The Kier molecular flexibility index (Phi) is 5.77. The minimum atomic E-state index is -0.397. The van der Waals surface area contributed by atoms with E-state index >= 15 is 0 Å². The molecular formula is C22H23N3O4. The molecule has 0 saturated heterocycles. The van der Waals surface area contributed by atoms with Crippen LogP contribution in [0.25, 0.3) is 10.9 Å². The van der Waals surface area contributed by atoms with Crippen LogP contribution >= 0.6 is 0 Å². The first kappa shape index (κ1) is 20.3.